The smallest absolute Gasteiger partial charge is 0.225 e. The average Bonchev–Trinajstić information content (AvgIpc) is 3.09. The minimum Gasteiger partial charge on any atom is -0.497 e. The number of amides is 2. The minimum absolute atomic E-state index is 0.00829. The standard InChI is InChI=1S/C24H27ClN2O3/c1-30-21-9-3-17(4-10-21)14-27-15-18(13-22(27)28)23(29)26-16-24(11-2-12-24)19-5-7-20(25)8-6-19/h3-10,18H,2,11-16H2,1H3,(H,26,29). The summed E-state index contributed by atoms with van der Waals surface area (Å²) >= 11 is 6.02. The Kier molecular flexibility index (Phi) is 6.00. The van der Waals surface area contributed by atoms with Gasteiger partial charge in [-0.2, -0.15) is 0 Å². The first kappa shape index (κ1) is 20.7. The van der Waals surface area contributed by atoms with Crippen LogP contribution in [0, 0.1) is 5.92 Å². The Morgan fingerprint density at radius 3 is 2.47 bits per heavy atom. The van der Waals surface area contributed by atoms with Crippen LogP contribution in [0.1, 0.15) is 36.8 Å². The Labute approximate surface area is 182 Å². The third-order valence-corrected chi connectivity index (χ3v) is 6.74. The molecule has 0 aromatic heterocycles. The van der Waals surface area contributed by atoms with Gasteiger partial charge in [-0.05, 0) is 48.2 Å². The summed E-state index contributed by atoms with van der Waals surface area (Å²) in [6.07, 6.45) is 3.55. The molecule has 1 N–H and O–H groups in total. The van der Waals surface area contributed by atoms with Crippen LogP contribution >= 0.6 is 11.6 Å². The molecule has 1 heterocycles. The Morgan fingerprint density at radius 1 is 1.17 bits per heavy atom. The summed E-state index contributed by atoms with van der Waals surface area (Å²) < 4.78 is 5.17. The molecule has 1 aliphatic heterocycles. The van der Waals surface area contributed by atoms with Gasteiger partial charge in [0.05, 0.1) is 13.0 Å². The number of carbonyl (C=O) groups excluding carboxylic acids is 2. The Balaban J connectivity index is 1.33. The Morgan fingerprint density at radius 2 is 1.87 bits per heavy atom. The van der Waals surface area contributed by atoms with Gasteiger partial charge in [-0.1, -0.05) is 42.3 Å². The van der Waals surface area contributed by atoms with Crippen LogP contribution in [-0.2, 0) is 21.5 Å². The summed E-state index contributed by atoms with van der Waals surface area (Å²) in [5, 5.41) is 3.85. The average molecular weight is 427 g/mol. The normalized spacial score (nSPS) is 20.0. The monoisotopic (exact) mass is 426 g/mol. The fourth-order valence-electron chi connectivity index (χ4n) is 4.43. The molecule has 1 saturated heterocycles. The number of rotatable bonds is 7. The summed E-state index contributed by atoms with van der Waals surface area (Å²) in [5.74, 6) is 0.496. The van der Waals surface area contributed by atoms with Crippen molar-refractivity contribution in [2.75, 3.05) is 20.2 Å². The van der Waals surface area contributed by atoms with Crippen molar-refractivity contribution in [3.63, 3.8) is 0 Å². The molecule has 30 heavy (non-hydrogen) atoms. The van der Waals surface area contributed by atoms with E-state index in [0.29, 0.717) is 19.6 Å². The number of methoxy groups -OCH3 is 1. The highest BCUT2D eigenvalue weighted by molar-refractivity contribution is 6.30. The van der Waals surface area contributed by atoms with Gasteiger partial charge < -0.3 is 15.0 Å². The van der Waals surface area contributed by atoms with Crippen LogP contribution in [0.2, 0.25) is 5.02 Å². The maximum atomic E-state index is 12.8. The lowest BCUT2D eigenvalue weighted by atomic mass is 9.64. The molecule has 0 spiro atoms. The van der Waals surface area contributed by atoms with Crippen molar-refractivity contribution in [3.05, 3.63) is 64.7 Å². The SMILES string of the molecule is COc1ccc(CN2CC(C(=O)NCC3(c4ccc(Cl)cc4)CCC3)CC2=O)cc1. The van der Waals surface area contributed by atoms with Crippen molar-refractivity contribution in [3.8, 4) is 5.75 Å². The maximum Gasteiger partial charge on any atom is 0.225 e. The molecule has 0 bridgehead atoms. The molecule has 2 aliphatic rings. The van der Waals surface area contributed by atoms with Gasteiger partial charge in [-0.25, -0.2) is 0 Å². The van der Waals surface area contributed by atoms with Crippen molar-refractivity contribution in [2.24, 2.45) is 5.92 Å². The molecule has 2 fully saturated rings. The van der Waals surface area contributed by atoms with E-state index >= 15 is 0 Å². The van der Waals surface area contributed by atoms with Gasteiger partial charge in [0.2, 0.25) is 11.8 Å². The van der Waals surface area contributed by atoms with E-state index in [0.717, 1.165) is 35.6 Å². The van der Waals surface area contributed by atoms with E-state index in [9.17, 15) is 9.59 Å². The highest BCUT2D eigenvalue weighted by atomic mass is 35.5. The third kappa shape index (κ3) is 4.31. The van der Waals surface area contributed by atoms with Crippen molar-refractivity contribution >= 4 is 23.4 Å². The summed E-state index contributed by atoms with van der Waals surface area (Å²) in [4.78, 5) is 27.0. The summed E-state index contributed by atoms with van der Waals surface area (Å²) in [6, 6.07) is 15.6. The second-order valence-corrected chi connectivity index (χ2v) is 8.82. The van der Waals surface area contributed by atoms with Gasteiger partial charge in [-0.15, -0.1) is 0 Å². The third-order valence-electron chi connectivity index (χ3n) is 6.49. The summed E-state index contributed by atoms with van der Waals surface area (Å²) in [5.41, 5.74) is 2.24. The fraction of sp³-hybridized carbons (Fsp3) is 0.417. The zero-order chi connectivity index (χ0) is 21.1. The first-order valence-electron chi connectivity index (χ1n) is 10.4. The first-order chi connectivity index (χ1) is 14.5. The number of likely N-dealkylation sites (tertiary alicyclic amines) is 1. The number of nitrogens with zero attached hydrogens (tertiary/aromatic N) is 1. The zero-order valence-corrected chi connectivity index (χ0v) is 18.0. The van der Waals surface area contributed by atoms with Gasteiger partial charge in [0, 0.05) is 36.5 Å². The molecular weight excluding hydrogens is 400 g/mol. The van der Waals surface area contributed by atoms with E-state index in [-0.39, 0.29) is 29.6 Å². The predicted octanol–water partition coefficient (Wildman–Crippen LogP) is 3.94. The lowest BCUT2D eigenvalue weighted by molar-refractivity contribution is -0.129. The van der Waals surface area contributed by atoms with Gasteiger partial charge >= 0.3 is 0 Å². The second kappa shape index (κ2) is 8.68. The van der Waals surface area contributed by atoms with Crippen LogP contribution in [0.25, 0.3) is 0 Å². The van der Waals surface area contributed by atoms with E-state index in [4.69, 9.17) is 16.3 Å². The summed E-state index contributed by atoms with van der Waals surface area (Å²) in [7, 11) is 1.63. The molecule has 2 aromatic rings. The molecule has 6 heteroatoms. The summed E-state index contributed by atoms with van der Waals surface area (Å²) in [6.45, 7) is 1.59. The van der Waals surface area contributed by atoms with Crippen molar-refractivity contribution in [1.29, 1.82) is 0 Å². The lowest BCUT2D eigenvalue weighted by Gasteiger charge is -2.42. The molecule has 0 radical (unpaired) electrons. The van der Waals surface area contributed by atoms with E-state index in [1.807, 2.05) is 36.4 Å². The maximum absolute atomic E-state index is 12.8. The van der Waals surface area contributed by atoms with Gasteiger partial charge in [0.1, 0.15) is 5.75 Å². The van der Waals surface area contributed by atoms with Crippen molar-refractivity contribution < 1.29 is 14.3 Å². The largest absolute Gasteiger partial charge is 0.497 e. The minimum atomic E-state index is -0.293. The number of hydrogen-bond donors (Lipinski definition) is 1. The van der Waals surface area contributed by atoms with Crippen LogP contribution in [-0.4, -0.2) is 36.9 Å². The molecule has 1 unspecified atom stereocenters. The Hall–Kier alpha value is -2.53. The van der Waals surface area contributed by atoms with Crippen LogP contribution in [0.3, 0.4) is 0 Å². The van der Waals surface area contributed by atoms with Gasteiger partial charge in [0.25, 0.3) is 0 Å². The predicted molar refractivity (Wildman–Crippen MR) is 117 cm³/mol. The quantitative estimate of drug-likeness (QED) is 0.729. The van der Waals surface area contributed by atoms with E-state index in [1.165, 1.54) is 5.56 Å². The molecule has 1 atom stereocenters. The number of nitrogens with one attached hydrogen (secondary N) is 1. The number of carbonyl (C=O) groups is 2. The topological polar surface area (TPSA) is 58.6 Å². The van der Waals surface area contributed by atoms with Crippen molar-refractivity contribution in [1.82, 2.24) is 10.2 Å². The fourth-order valence-corrected chi connectivity index (χ4v) is 4.55. The highest BCUT2D eigenvalue weighted by Gasteiger charge is 2.40. The van der Waals surface area contributed by atoms with Crippen LogP contribution in [0.5, 0.6) is 5.75 Å². The first-order valence-corrected chi connectivity index (χ1v) is 10.8. The molecule has 1 saturated carbocycles. The number of hydrogen-bond acceptors (Lipinski definition) is 3. The van der Waals surface area contributed by atoms with E-state index < -0.39 is 0 Å². The van der Waals surface area contributed by atoms with Crippen molar-refractivity contribution in [2.45, 2.75) is 37.6 Å². The van der Waals surface area contributed by atoms with Gasteiger partial charge in [0.15, 0.2) is 0 Å². The molecule has 2 amide bonds. The van der Waals surface area contributed by atoms with Crippen LogP contribution in [0.4, 0.5) is 0 Å². The molecule has 5 nitrogen and oxygen atoms in total. The molecule has 4 rings (SSSR count). The molecule has 1 aliphatic carbocycles. The second-order valence-electron chi connectivity index (χ2n) is 8.38. The molecule has 158 valence electrons. The number of benzene rings is 2. The Bertz CT molecular complexity index is 907. The van der Waals surface area contributed by atoms with Crippen LogP contribution in [0.15, 0.2) is 48.5 Å². The zero-order valence-electron chi connectivity index (χ0n) is 17.2. The highest BCUT2D eigenvalue weighted by Crippen LogP contribution is 2.43. The number of halogens is 1. The van der Waals surface area contributed by atoms with Crippen LogP contribution < -0.4 is 10.1 Å². The van der Waals surface area contributed by atoms with Gasteiger partial charge in [-0.3, -0.25) is 9.59 Å². The lowest BCUT2D eigenvalue weighted by Crippen LogP contribution is -2.47. The van der Waals surface area contributed by atoms with E-state index in [2.05, 4.69) is 17.4 Å². The molecular formula is C24H27ClN2O3. The number of ether oxygens (including phenoxy) is 1. The molecule has 2 aromatic carbocycles. The van der Waals surface area contributed by atoms with E-state index in [1.54, 1.807) is 12.0 Å².